The summed E-state index contributed by atoms with van der Waals surface area (Å²) in [4.78, 5) is 13.9. The lowest BCUT2D eigenvalue weighted by Gasteiger charge is -2.41. The van der Waals surface area contributed by atoms with E-state index in [0.29, 0.717) is 10.9 Å². The van der Waals surface area contributed by atoms with Crippen LogP contribution in [0.25, 0.3) is 16.8 Å². The SMILES string of the molecule is Cc1ccc(S(=O)(=O)N[C@H](Cc2ccccc2)C(=O)NCc2cccc(-c3cccc([C@@H]4O[C@H](CSc5nnnn5-c5ccccc5)[C@H](C)[C@H](c5ccc(CO)cc5)O4)c3)c2)cc1. The highest BCUT2D eigenvalue weighted by molar-refractivity contribution is 7.99. The third kappa shape index (κ3) is 10.8. The van der Waals surface area contributed by atoms with E-state index in [2.05, 4.69) is 38.6 Å². The maximum atomic E-state index is 13.8. The normalized spacial score (nSPS) is 18.1. The van der Waals surface area contributed by atoms with Crippen molar-refractivity contribution in [2.45, 2.75) is 68.0 Å². The van der Waals surface area contributed by atoms with Crippen LogP contribution in [0.2, 0.25) is 0 Å². The number of amides is 1. The molecule has 2 heterocycles. The van der Waals surface area contributed by atoms with Crippen molar-refractivity contribution in [1.82, 2.24) is 30.2 Å². The molecule has 5 atom stereocenters. The zero-order valence-corrected chi connectivity index (χ0v) is 36.5. The van der Waals surface area contributed by atoms with E-state index >= 15 is 0 Å². The fourth-order valence-corrected chi connectivity index (χ4v) is 9.76. The van der Waals surface area contributed by atoms with Crippen LogP contribution >= 0.6 is 11.8 Å². The van der Waals surface area contributed by atoms with Crippen LogP contribution in [0, 0.1) is 12.8 Å². The summed E-state index contributed by atoms with van der Waals surface area (Å²) >= 11 is 1.52. The van der Waals surface area contributed by atoms with Crippen molar-refractivity contribution < 1.29 is 27.8 Å². The summed E-state index contributed by atoms with van der Waals surface area (Å²) < 4.78 is 44.8. The number of aliphatic hydroxyl groups is 1. The molecule has 0 unspecified atom stereocenters. The number of hydrogen-bond acceptors (Lipinski definition) is 10. The van der Waals surface area contributed by atoms with Gasteiger partial charge in [0.05, 0.1) is 29.4 Å². The first-order valence-corrected chi connectivity index (χ1v) is 23.2. The molecule has 1 saturated heterocycles. The zero-order valence-electron chi connectivity index (χ0n) is 34.8. The largest absolute Gasteiger partial charge is 0.392 e. The topological polar surface area (TPSA) is 158 Å². The number of thioether (sulfide) groups is 1. The van der Waals surface area contributed by atoms with E-state index in [0.717, 1.165) is 50.2 Å². The van der Waals surface area contributed by atoms with E-state index in [9.17, 15) is 18.3 Å². The number of tetrazole rings is 1. The summed E-state index contributed by atoms with van der Waals surface area (Å²) in [5.74, 6) is 0.0784. The Hall–Kier alpha value is -6.00. The zero-order chi connectivity index (χ0) is 43.8. The number of carbonyl (C=O) groups excluding carboxylic acids is 1. The van der Waals surface area contributed by atoms with E-state index in [-0.39, 0.29) is 42.6 Å². The van der Waals surface area contributed by atoms with Crippen LogP contribution in [-0.4, -0.2) is 57.5 Å². The van der Waals surface area contributed by atoms with Crippen molar-refractivity contribution >= 4 is 27.7 Å². The quantitative estimate of drug-likeness (QED) is 0.0815. The van der Waals surface area contributed by atoms with Gasteiger partial charge in [-0.3, -0.25) is 4.79 Å². The van der Waals surface area contributed by atoms with Gasteiger partial charge in [0, 0.05) is 23.8 Å². The Morgan fingerprint density at radius 1 is 0.778 bits per heavy atom. The van der Waals surface area contributed by atoms with E-state index < -0.39 is 28.3 Å². The molecule has 6 aromatic carbocycles. The molecular weight excluding hydrogens is 833 g/mol. The standard InChI is InChI=1S/C49H48N6O6S2/c1-33-19-25-43(26-20-33)63(58,59)52-44(28-35-11-5-3-6-12-35)47(57)50-30-37-13-9-14-39(27-37)40-15-10-16-41(29-40)48-60-45(34(2)46(61-48)38-23-21-36(31-56)22-24-38)32-62-49-51-53-54-55(49)42-17-7-4-8-18-42/h3-27,29,34,44-46,48,52,56H,28,30-32H2,1-2H3,(H,50,57)/t34-,44+,45+,46+,48+/m0/s1. The number of aryl methyl sites for hydroxylation is 1. The van der Waals surface area contributed by atoms with Crippen LogP contribution in [0.3, 0.4) is 0 Å². The lowest BCUT2D eigenvalue weighted by atomic mass is 9.91. The molecule has 7 aromatic rings. The third-order valence-corrected chi connectivity index (χ3v) is 13.6. The maximum absolute atomic E-state index is 13.8. The summed E-state index contributed by atoms with van der Waals surface area (Å²) in [7, 11) is -3.99. The Morgan fingerprint density at radius 3 is 2.19 bits per heavy atom. The molecule has 1 amide bonds. The highest BCUT2D eigenvalue weighted by atomic mass is 32.2. The lowest BCUT2D eigenvalue weighted by molar-refractivity contribution is -0.268. The second-order valence-electron chi connectivity index (χ2n) is 15.6. The minimum absolute atomic E-state index is 0.0462. The van der Waals surface area contributed by atoms with Crippen LogP contribution in [0.1, 0.15) is 52.7 Å². The van der Waals surface area contributed by atoms with Crippen molar-refractivity contribution in [2.24, 2.45) is 5.92 Å². The smallest absolute Gasteiger partial charge is 0.241 e. The Morgan fingerprint density at radius 2 is 1.46 bits per heavy atom. The number of aliphatic hydroxyl groups excluding tert-OH is 1. The molecule has 0 radical (unpaired) electrons. The molecule has 3 N–H and O–H groups in total. The fourth-order valence-electron chi connectivity index (χ4n) is 7.52. The molecular formula is C49H48N6O6S2. The molecule has 1 aliphatic heterocycles. The van der Waals surface area contributed by atoms with Crippen molar-refractivity contribution in [2.75, 3.05) is 5.75 Å². The Kier molecular flexibility index (Phi) is 13.9. The van der Waals surface area contributed by atoms with Gasteiger partial charge in [-0.05, 0) is 93.6 Å². The summed E-state index contributed by atoms with van der Waals surface area (Å²) in [6.45, 7) is 4.14. The predicted octanol–water partition coefficient (Wildman–Crippen LogP) is 7.92. The van der Waals surface area contributed by atoms with Crippen LogP contribution in [0.4, 0.5) is 0 Å². The lowest BCUT2D eigenvalue weighted by Crippen LogP contribution is -2.47. The molecule has 12 nitrogen and oxygen atoms in total. The molecule has 1 aliphatic rings. The summed E-state index contributed by atoms with van der Waals surface area (Å²) in [6, 6.07) is 48.3. The number of aromatic nitrogens is 4. The first-order chi connectivity index (χ1) is 30.6. The molecule has 322 valence electrons. The van der Waals surface area contributed by atoms with E-state index in [1.54, 1.807) is 16.8 Å². The van der Waals surface area contributed by atoms with Gasteiger partial charge in [-0.2, -0.15) is 9.40 Å². The molecule has 14 heteroatoms. The predicted molar refractivity (Wildman–Crippen MR) is 242 cm³/mol. The van der Waals surface area contributed by atoms with Gasteiger partial charge in [0.15, 0.2) is 6.29 Å². The molecule has 0 spiro atoms. The number of nitrogens with one attached hydrogen (secondary N) is 2. The van der Waals surface area contributed by atoms with Gasteiger partial charge in [0.25, 0.3) is 0 Å². The second kappa shape index (κ2) is 20.0. The van der Waals surface area contributed by atoms with Gasteiger partial charge < -0.3 is 19.9 Å². The van der Waals surface area contributed by atoms with Crippen LogP contribution in [-0.2, 0) is 43.9 Å². The van der Waals surface area contributed by atoms with Gasteiger partial charge in [-0.25, -0.2) is 8.42 Å². The minimum Gasteiger partial charge on any atom is -0.392 e. The number of rotatable bonds is 16. The van der Waals surface area contributed by atoms with Crippen molar-refractivity contribution in [3.63, 3.8) is 0 Å². The summed E-state index contributed by atoms with van der Waals surface area (Å²) in [5, 5.41) is 25.8. The average molecular weight is 881 g/mol. The first kappa shape index (κ1) is 43.6. The van der Waals surface area contributed by atoms with Gasteiger partial charge in [-0.1, -0.05) is 146 Å². The van der Waals surface area contributed by atoms with Crippen LogP contribution in [0.5, 0.6) is 0 Å². The second-order valence-corrected chi connectivity index (χ2v) is 18.3. The third-order valence-electron chi connectivity index (χ3n) is 11.1. The number of benzene rings is 6. The maximum Gasteiger partial charge on any atom is 0.241 e. The Labute approximate surface area is 371 Å². The average Bonchev–Trinajstić information content (AvgIpc) is 3.80. The Bertz CT molecular complexity index is 2720. The number of sulfonamides is 1. The molecule has 0 aliphatic carbocycles. The number of nitrogens with zero attached hydrogens (tertiary/aromatic N) is 4. The van der Waals surface area contributed by atoms with Gasteiger partial charge in [-0.15, -0.1) is 5.10 Å². The Balaban J connectivity index is 0.996. The molecule has 1 aromatic heterocycles. The van der Waals surface area contributed by atoms with Crippen molar-refractivity contribution in [3.8, 4) is 16.8 Å². The highest BCUT2D eigenvalue weighted by Gasteiger charge is 2.39. The van der Waals surface area contributed by atoms with E-state index in [1.165, 1.54) is 23.9 Å². The molecule has 1 fully saturated rings. The van der Waals surface area contributed by atoms with Crippen LogP contribution in [0.15, 0.2) is 168 Å². The van der Waals surface area contributed by atoms with Crippen LogP contribution < -0.4 is 10.0 Å². The van der Waals surface area contributed by atoms with Crippen molar-refractivity contribution in [1.29, 1.82) is 0 Å². The summed E-state index contributed by atoms with van der Waals surface area (Å²) in [5.41, 5.74) is 7.95. The molecule has 63 heavy (non-hydrogen) atoms. The number of ether oxygens (including phenoxy) is 2. The molecule has 8 rings (SSSR count). The van der Waals surface area contributed by atoms with E-state index in [4.69, 9.17) is 9.47 Å². The number of carbonyl (C=O) groups is 1. The van der Waals surface area contributed by atoms with Gasteiger partial charge in [0.2, 0.25) is 21.1 Å². The van der Waals surface area contributed by atoms with E-state index in [1.807, 2.05) is 134 Å². The molecule has 0 bridgehead atoms. The summed E-state index contributed by atoms with van der Waals surface area (Å²) in [6.07, 6.45) is -1.09. The number of para-hydroxylation sites is 1. The van der Waals surface area contributed by atoms with Gasteiger partial charge in [0.1, 0.15) is 6.04 Å². The first-order valence-electron chi connectivity index (χ1n) is 20.7. The highest BCUT2D eigenvalue weighted by Crippen LogP contribution is 2.43. The molecule has 0 saturated carbocycles. The van der Waals surface area contributed by atoms with Gasteiger partial charge >= 0.3 is 0 Å². The minimum atomic E-state index is -3.99. The van der Waals surface area contributed by atoms with Crippen molar-refractivity contribution in [3.05, 3.63) is 191 Å². The monoisotopic (exact) mass is 880 g/mol. The fraction of sp³-hybridized carbons (Fsp3) is 0.224. The number of hydrogen-bond donors (Lipinski definition) is 3.